The van der Waals surface area contributed by atoms with Crippen molar-refractivity contribution in [2.45, 2.75) is 83.5 Å². The molecule has 0 bridgehead atoms. The molecule has 4 rings (SSSR count). The highest BCUT2D eigenvalue weighted by Gasteiger charge is 2.32. The average molecular weight is 717 g/mol. The van der Waals surface area contributed by atoms with Crippen LogP contribution in [0.15, 0.2) is 84.9 Å². The van der Waals surface area contributed by atoms with Gasteiger partial charge in [0.05, 0.1) is 0 Å². The number of likely N-dealkylation sites (tertiary alicyclic amines) is 1. The first kappa shape index (κ1) is 38.9. The molecule has 2 atom stereocenters. The van der Waals surface area contributed by atoms with E-state index in [0.29, 0.717) is 49.5 Å². The summed E-state index contributed by atoms with van der Waals surface area (Å²) in [4.78, 5) is 68.1. The van der Waals surface area contributed by atoms with Gasteiger partial charge in [0.2, 0.25) is 23.6 Å². The molecule has 12 heteroatoms. The number of rotatable bonds is 14. The zero-order valence-corrected chi connectivity index (χ0v) is 30.3. The van der Waals surface area contributed by atoms with E-state index < -0.39 is 35.5 Å². The standard InChI is InChI=1S/C39H49ClN6O5/c1-39(2,3)45-34(47)21-20-33(44-38(51)46-24-22-28(23-25-46)35(48)42-30-15-8-5-9-16-30)37(50)43-32(19-18-27-12-6-4-7-13-27)36(49)41-26-29-14-10-11-17-31(29)40/h4-17,28,32-33H,18-26H2,1-3H3,(H,41,49)(H,42,48)(H,43,50)(H,44,51)(H,45,47)/t32-,33-/m0/s1. The molecule has 0 unspecified atom stereocenters. The molecular weight excluding hydrogens is 668 g/mol. The molecule has 3 aromatic carbocycles. The molecule has 1 heterocycles. The second-order valence-corrected chi connectivity index (χ2v) is 14.3. The second-order valence-electron chi connectivity index (χ2n) is 13.9. The Morgan fingerprint density at radius 1 is 0.784 bits per heavy atom. The first-order valence-corrected chi connectivity index (χ1v) is 17.8. The predicted molar refractivity (Wildman–Crippen MR) is 199 cm³/mol. The number of carbonyl (C=O) groups is 5. The van der Waals surface area contributed by atoms with Crippen molar-refractivity contribution in [3.8, 4) is 0 Å². The smallest absolute Gasteiger partial charge is 0.318 e. The molecule has 11 nitrogen and oxygen atoms in total. The van der Waals surface area contributed by atoms with Gasteiger partial charge in [-0.1, -0.05) is 78.3 Å². The molecule has 272 valence electrons. The van der Waals surface area contributed by atoms with Gasteiger partial charge >= 0.3 is 6.03 Å². The van der Waals surface area contributed by atoms with Crippen LogP contribution in [-0.4, -0.2) is 65.3 Å². The molecule has 0 spiro atoms. The number of anilines is 1. The number of nitrogens with zero attached hydrogens (tertiary/aromatic N) is 1. The third-order valence-corrected chi connectivity index (χ3v) is 8.96. The lowest BCUT2D eigenvalue weighted by Crippen LogP contribution is -2.56. The maximum absolute atomic E-state index is 13.9. The van der Waals surface area contributed by atoms with Gasteiger partial charge < -0.3 is 31.5 Å². The summed E-state index contributed by atoms with van der Waals surface area (Å²) in [5, 5.41) is 14.9. The van der Waals surface area contributed by atoms with Gasteiger partial charge in [-0.25, -0.2) is 4.79 Å². The maximum Gasteiger partial charge on any atom is 0.318 e. The van der Waals surface area contributed by atoms with E-state index in [2.05, 4.69) is 26.6 Å². The molecule has 1 aliphatic rings. The highest BCUT2D eigenvalue weighted by atomic mass is 35.5. The Morgan fingerprint density at radius 3 is 2.04 bits per heavy atom. The van der Waals surface area contributed by atoms with Crippen LogP contribution in [0, 0.1) is 5.92 Å². The van der Waals surface area contributed by atoms with Crippen molar-refractivity contribution in [3.05, 3.63) is 101 Å². The molecule has 51 heavy (non-hydrogen) atoms. The van der Waals surface area contributed by atoms with E-state index in [4.69, 9.17) is 11.6 Å². The van der Waals surface area contributed by atoms with Gasteiger partial charge in [0.25, 0.3) is 0 Å². The van der Waals surface area contributed by atoms with Gasteiger partial charge in [-0.05, 0) is 82.2 Å². The highest BCUT2D eigenvalue weighted by Crippen LogP contribution is 2.20. The molecule has 5 N–H and O–H groups in total. The fraction of sp³-hybridized carbons (Fsp3) is 0.410. The van der Waals surface area contributed by atoms with Crippen LogP contribution in [-0.2, 0) is 32.1 Å². The van der Waals surface area contributed by atoms with Crippen LogP contribution < -0.4 is 26.6 Å². The van der Waals surface area contributed by atoms with E-state index in [1.165, 1.54) is 0 Å². The minimum absolute atomic E-state index is 0.0160. The third-order valence-electron chi connectivity index (χ3n) is 8.59. The molecule has 0 saturated carbocycles. The van der Waals surface area contributed by atoms with Crippen molar-refractivity contribution in [2.24, 2.45) is 5.92 Å². The summed E-state index contributed by atoms with van der Waals surface area (Å²) in [5.41, 5.74) is 1.97. The lowest BCUT2D eigenvalue weighted by Gasteiger charge is -2.33. The molecule has 1 saturated heterocycles. The number of amides is 6. The van der Waals surface area contributed by atoms with Crippen LogP contribution in [0.4, 0.5) is 10.5 Å². The number of piperidine rings is 1. The van der Waals surface area contributed by atoms with Crippen LogP contribution in [0.3, 0.4) is 0 Å². The molecule has 0 aliphatic carbocycles. The SMILES string of the molecule is CC(C)(C)NC(=O)CC[C@H](NC(=O)N1CCC(C(=O)Nc2ccccc2)CC1)C(=O)N[C@@H](CCc1ccccc1)C(=O)NCc1ccccc1Cl. The Morgan fingerprint density at radius 2 is 1.39 bits per heavy atom. The first-order chi connectivity index (χ1) is 24.4. The Bertz CT molecular complexity index is 1620. The molecule has 0 radical (unpaired) electrons. The average Bonchev–Trinajstić information content (AvgIpc) is 3.11. The van der Waals surface area contributed by atoms with E-state index in [-0.39, 0.29) is 37.1 Å². The van der Waals surface area contributed by atoms with E-state index in [1.807, 2.05) is 93.6 Å². The topological polar surface area (TPSA) is 149 Å². The number of nitrogens with one attached hydrogen (secondary N) is 5. The lowest BCUT2D eigenvalue weighted by atomic mass is 9.96. The van der Waals surface area contributed by atoms with Gasteiger partial charge in [-0.3, -0.25) is 19.2 Å². The summed E-state index contributed by atoms with van der Waals surface area (Å²) < 4.78 is 0. The van der Waals surface area contributed by atoms with Crippen molar-refractivity contribution in [1.82, 2.24) is 26.2 Å². The van der Waals surface area contributed by atoms with Gasteiger partial charge in [0, 0.05) is 48.2 Å². The molecule has 1 fully saturated rings. The third kappa shape index (κ3) is 13.1. The minimum Gasteiger partial charge on any atom is -0.352 e. The molecule has 3 aromatic rings. The summed E-state index contributed by atoms with van der Waals surface area (Å²) in [6.07, 6.45) is 1.73. The molecule has 6 amide bonds. The minimum atomic E-state index is -1.10. The fourth-order valence-electron chi connectivity index (χ4n) is 5.82. The predicted octanol–water partition coefficient (Wildman–Crippen LogP) is 5.20. The fourth-order valence-corrected chi connectivity index (χ4v) is 6.02. The molecule has 0 aromatic heterocycles. The zero-order chi connectivity index (χ0) is 36.8. The van der Waals surface area contributed by atoms with Crippen molar-refractivity contribution in [2.75, 3.05) is 18.4 Å². The summed E-state index contributed by atoms with van der Waals surface area (Å²) in [6, 6.07) is 23.5. The monoisotopic (exact) mass is 716 g/mol. The molecule has 1 aliphatic heterocycles. The summed E-state index contributed by atoms with van der Waals surface area (Å²) in [7, 11) is 0. The Balaban J connectivity index is 1.43. The number of hydrogen-bond donors (Lipinski definition) is 5. The summed E-state index contributed by atoms with van der Waals surface area (Å²) in [5.74, 6) is -1.60. The lowest BCUT2D eigenvalue weighted by molar-refractivity contribution is -0.130. The van der Waals surface area contributed by atoms with E-state index in [1.54, 1.807) is 17.0 Å². The van der Waals surface area contributed by atoms with Gasteiger partial charge in [-0.2, -0.15) is 0 Å². The van der Waals surface area contributed by atoms with Crippen molar-refractivity contribution < 1.29 is 24.0 Å². The zero-order valence-electron chi connectivity index (χ0n) is 29.5. The number of aryl methyl sites for hydroxylation is 1. The summed E-state index contributed by atoms with van der Waals surface area (Å²) >= 11 is 6.31. The van der Waals surface area contributed by atoms with Crippen LogP contribution in [0.5, 0.6) is 0 Å². The van der Waals surface area contributed by atoms with Crippen molar-refractivity contribution in [1.29, 1.82) is 0 Å². The van der Waals surface area contributed by atoms with Gasteiger partial charge in [0.1, 0.15) is 12.1 Å². The van der Waals surface area contributed by atoms with E-state index in [0.717, 1.165) is 11.1 Å². The summed E-state index contributed by atoms with van der Waals surface area (Å²) in [6.45, 7) is 6.39. The highest BCUT2D eigenvalue weighted by molar-refractivity contribution is 6.31. The second kappa shape index (κ2) is 18.9. The largest absolute Gasteiger partial charge is 0.352 e. The van der Waals surface area contributed by atoms with Crippen molar-refractivity contribution >= 4 is 46.9 Å². The number of para-hydroxylation sites is 1. The van der Waals surface area contributed by atoms with Crippen LogP contribution in [0.25, 0.3) is 0 Å². The van der Waals surface area contributed by atoms with Gasteiger partial charge in [0.15, 0.2) is 0 Å². The number of urea groups is 1. The quantitative estimate of drug-likeness (QED) is 0.156. The number of halogens is 1. The van der Waals surface area contributed by atoms with Crippen LogP contribution >= 0.6 is 11.6 Å². The van der Waals surface area contributed by atoms with Crippen molar-refractivity contribution in [3.63, 3.8) is 0 Å². The maximum atomic E-state index is 13.9. The number of benzene rings is 3. The van der Waals surface area contributed by atoms with Gasteiger partial charge in [-0.15, -0.1) is 0 Å². The first-order valence-electron chi connectivity index (χ1n) is 17.5. The number of hydrogen-bond acceptors (Lipinski definition) is 5. The number of carbonyl (C=O) groups excluding carboxylic acids is 5. The Labute approximate surface area is 305 Å². The Kier molecular flexibility index (Phi) is 14.4. The van der Waals surface area contributed by atoms with E-state index in [9.17, 15) is 24.0 Å². The van der Waals surface area contributed by atoms with E-state index >= 15 is 0 Å². The van der Waals surface area contributed by atoms with Crippen LogP contribution in [0.1, 0.15) is 64.0 Å². The Hall–Kier alpha value is -4.90. The van der Waals surface area contributed by atoms with Crippen LogP contribution in [0.2, 0.25) is 5.02 Å². The normalized spacial score (nSPS) is 14.5. The molecular formula is C39H49ClN6O5.